The van der Waals surface area contributed by atoms with Crippen LogP contribution in [0.2, 0.25) is 0 Å². The normalized spacial score (nSPS) is 14.5. The average molecular weight is 152 g/mol. The summed E-state index contributed by atoms with van der Waals surface area (Å²) in [5.41, 5.74) is 7.71. The van der Waals surface area contributed by atoms with Gasteiger partial charge in [-0.3, -0.25) is 4.99 Å². The molecule has 0 rings (SSSR count). The molecule has 0 bridgehead atoms. The lowest BCUT2D eigenvalue weighted by Crippen LogP contribution is -1.96. The molecule has 2 nitrogen and oxygen atoms in total. The first-order chi connectivity index (χ1) is 5.22. The van der Waals surface area contributed by atoms with Crippen LogP contribution in [-0.4, -0.2) is 6.21 Å². The molecule has 2 heteroatoms. The molecular formula is C9H16N2. The molecule has 0 aromatic heterocycles. The number of nitrogens with zero attached hydrogens (tertiary/aromatic N) is 1. The van der Waals surface area contributed by atoms with E-state index in [0.717, 1.165) is 12.1 Å². The van der Waals surface area contributed by atoms with Crippen LogP contribution in [0.5, 0.6) is 0 Å². The van der Waals surface area contributed by atoms with E-state index < -0.39 is 0 Å². The van der Waals surface area contributed by atoms with Crippen molar-refractivity contribution in [3.05, 3.63) is 23.5 Å². The zero-order valence-corrected chi connectivity index (χ0v) is 7.46. The quantitative estimate of drug-likeness (QED) is 0.489. The molecule has 0 aromatic rings. The molecular weight excluding hydrogens is 136 g/mol. The SMILES string of the molecule is CC=N/C=C\C(N)=C(/C)CC. The lowest BCUT2D eigenvalue weighted by atomic mass is 10.2. The second kappa shape index (κ2) is 5.71. The fourth-order valence-electron chi connectivity index (χ4n) is 0.556. The van der Waals surface area contributed by atoms with Crippen LogP contribution in [0.3, 0.4) is 0 Å². The van der Waals surface area contributed by atoms with Gasteiger partial charge in [0.1, 0.15) is 0 Å². The lowest BCUT2D eigenvalue weighted by molar-refractivity contribution is 1.06. The molecule has 0 aliphatic carbocycles. The van der Waals surface area contributed by atoms with E-state index in [-0.39, 0.29) is 0 Å². The molecule has 0 aliphatic rings. The van der Waals surface area contributed by atoms with Crippen LogP contribution < -0.4 is 5.73 Å². The molecule has 0 spiro atoms. The zero-order chi connectivity index (χ0) is 8.69. The molecule has 0 saturated carbocycles. The maximum Gasteiger partial charge on any atom is 0.0318 e. The second-order valence-corrected chi connectivity index (χ2v) is 2.31. The fourth-order valence-corrected chi connectivity index (χ4v) is 0.556. The van der Waals surface area contributed by atoms with Crippen molar-refractivity contribution < 1.29 is 0 Å². The van der Waals surface area contributed by atoms with Crippen LogP contribution in [0.4, 0.5) is 0 Å². The Morgan fingerprint density at radius 3 is 2.64 bits per heavy atom. The molecule has 2 N–H and O–H groups in total. The van der Waals surface area contributed by atoms with Gasteiger partial charge in [0.15, 0.2) is 0 Å². The van der Waals surface area contributed by atoms with Crippen molar-refractivity contribution in [2.45, 2.75) is 27.2 Å². The number of allylic oxidation sites excluding steroid dienone is 2. The third kappa shape index (κ3) is 4.37. The summed E-state index contributed by atoms with van der Waals surface area (Å²) in [5.74, 6) is 0. The largest absolute Gasteiger partial charge is 0.399 e. The minimum absolute atomic E-state index is 0.818. The van der Waals surface area contributed by atoms with Gasteiger partial charge in [-0.2, -0.15) is 0 Å². The maximum atomic E-state index is 5.69. The average Bonchev–Trinajstić information content (AvgIpc) is 2.03. The van der Waals surface area contributed by atoms with Crippen LogP contribution in [-0.2, 0) is 0 Å². The highest BCUT2D eigenvalue weighted by Gasteiger charge is 1.88. The predicted octanol–water partition coefficient (Wildman–Crippen LogP) is 2.23. The van der Waals surface area contributed by atoms with E-state index >= 15 is 0 Å². The molecule has 11 heavy (non-hydrogen) atoms. The summed E-state index contributed by atoms with van der Waals surface area (Å²) in [6.07, 6.45) is 6.24. The van der Waals surface area contributed by atoms with Crippen molar-refractivity contribution in [3.8, 4) is 0 Å². The topological polar surface area (TPSA) is 38.4 Å². The standard InChI is InChI=1S/C9H16N2/c1-4-8(3)9(10)6-7-11-5-2/h5-7H,4,10H2,1-3H3/b7-6-,9-8-,11-5?. The van der Waals surface area contributed by atoms with Gasteiger partial charge in [-0.05, 0) is 26.3 Å². The van der Waals surface area contributed by atoms with E-state index in [1.54, 1.807) is 12.4 Å². The van der Waals surface area contributed by atoms with E-state index in [4.69, 9.17) is 5.73 Å². The van der Waals surface area contributed by atoms with Gasteiger partial charge in [0.2, 0.25) is 0 Å². The van der Waals surface area contributed by atoms with Gasteiger partial charge in [-0.15, -0.1) is 0 Å². The third-order valence-electron chi connectivity index (χ3n) is 1.51. The summed E-state index contributed by atoms with van der Waals surface area (Å²) in [6.45, 7) is 5.98. The van der Waals surface area contributed by atoms with Crippen molar-refractivity contribution in [2.75, 3.05) is 0 Å². The van der Waals surface area contributed by atoms with Crippen LogP contribution in [0.15, 0.2) is 28.5 Å². The maximum absolute atomic E-state index is 5.69. The number of hydrogen-bond acceptors (Lipinski definition) is 2. The number of hydrogen-bond donors (Lipinski definition) is 1. The van der Waals surface area contributed by atoms with Crippen molar-refractivity contribution >= 4 is 6.21 Å². The van der Waals surface area contributed by atoms with E-state index in [9.17, 15) is 0 Å². The highest BCUT2D eigenvalue weighted by molar-refractivity contribution is 5.54. The molecule has 0 amide bonds. The minimum atomic E-state index is 0.818. The zero-order valence-electron chi connectivity index (χ0n) is 7.46. The first-order valence-electron chi connectivity index (χ1n) is 3.82. The monoisotopic (exact) mass is 152 g/mol. The van der Waals surface area contributed by atoms with Gasteiger partial charge < -0.3 is 5.73 Å². The number of nitrogens with two attached hydrogens (primary N) is 1. The van der Waals surface area contributed by atoms with E-state index in [1.807, 2.05) is 19.9 Å². The van der Waals surface area contributed by atoms with Crippen molar-refractivity contribution in [1.82, 2.24) is 0 Å². The van der Waals surface area contributed by atoms with Crippen LogP contribution in [0, 0.1) is 0 Å². The Morgan fingerprint density at radius 2 is 2.18 bits per heavy atom. The molecule has 0 fully saturated rings. The highest BCUT2D eigenvalue weighted by atomic mass is 14.7. The molecule has 0 heterocycles. The number of aliphatic imine (C=N–C) groups is 1. The lowest BCUT2D eigenvalue weighted by Gasteiger charge is -1.97. The van der Waals surface area contributed by atoms with Gasteiger partial charge in [0.25, 0.3) is 0 Å². The molecule has 0 atom stereocenters. The summed E-state index contributed by atoms with van der Waals surface area (Å²) in [6, 6.07) is 0. The Hall–Kier alpha value is -1.05. The second-order valence-electron chi connectivity index (χ2n) is 2.31. The summed E-state index contributed by atoms with van der Waals surface area (Å²) in [7, 11) is 0. The molecule has 0 aliphatic heterocycles. The van der Waals surface area contributed by atoms with Crippen LogP contribution in [0.25, 0.3) is 0 Å². The predicted molar refractivity (Wildman–Crippen MR) is 50.5 cm³/mol. The summed E-state index contributed by atoms with van der Waals surface area (Å²) in [4.78, 5) is 3.91. The Morgan fingerprint density at radius 1 is 1.55 bits per heavy atom. The van der Waals surface area contributed by atoms with Crippen molar-refractivity contribution in [2.24, 2.45) is 10.7 Å². The van der Waals surface area contributed by atoms with Gasteiger partial charge >= 0.3 is 0 Å². The number of rotatable bonds is 3. The van der Waals surface area contributed by atoms with Crippen LogP contribution >= 0.6 is 0 Å². The minimum Gasteiger partial charge on any atom is -0.399 e. The third-order valence-corrected chi connectivity index (χ3v) is 1.51. The molecule has 0 unspecified atom stereocenters. The van der Waals surface area contributed by atoms with Gasteiger partial charge in [-0.1, -0.05) is 12.5 Å². The Bertz CT molecular complexity index is 188. The summed E-state index contributed by atoms with van der Waals surface area (Å²) >= 11 is 0. The van der Waals surface area contributed by atoms with E-state index in [1.165, 1.54) is 5.57 Å². The van der Waals surface area contributed by atoms with E-state index in [2.05, 4.69) is 11.9 Å². The first-order valence-corrected chi connectivity index (χ1v) is 3.82. The Kier molecular flexibility index (Phi) is 5.17. The molecule has 0 saturated heterocycles. The molecule has 62 valence electrons. The fraction of sp³-hybridized carbons (Fsp3) is 0.444. The smallest absolute Gasteiger partial charge is 0.0318 e. The molecule has 0 radical (unpaired) electrons. The van der Waals surface area contributed by atoms with E-state index in [0.29, 0.717) is 0 Å². The van der Waals surface area contributed by atoms with Gasteiger partial charge in [-0.25, -0.2) is 0 Å². The van der Waals surface area contributed by atoms with Gasteiger partial charge in [0.05, 0.1) is 0 Å². The van der Waals surface area contributed by atoms with Crippen LogP contribution in [0.1, 0.15) is 27.2 Å². The van der Waals surface area contributed by atoms with Gasteiger partial charge in [0, 0.05) is 18.1 Å². The van der Waals surface area contributed by atoms with Crippen molar-refractivity contribution in [3.63, 3.8) is 0 Å². The summed E-state index contributed by atoms with van der Waals surface area (Å²) < 4.78 is 0. The Labute approximate surface area is 68.5 Å². The molecule has 0 aromatic carbocycles. The highest BCUT2D eigenvalue weighted by Crippen LogP contribution is 2.03. The Balaban J connectivity index is 4.14. The first kappa shape index (κ1) is 9.95. The van der Waals surface area contributed by atoms with Crippen molar-refractivity contribution in [1.29, 1.82) is 0 Å². The summed E-state index contributed by atoms with van der Waals surface area (Å²) in [5, 5.41) is 0.